The van der Waals surface area contributed by atoms with Gasteiger partial charge in [0.15, 0.2) is 0 Å². The number of aliphatic hydroxyl groups excluding tert-OH is 1. The largest absolute Gasteiger partial charge is 0.395 e. The lowest BCUT2D eigenvalue weighted by Crippen LogP contribution is -2.07. The molecule has 3 nitrogen and oxygen atoms in total. The smallest absolute Gasteiger partial charge is 0.115 e. The summed E-state index contributed by atoms with van der Waals surface area (Å²) in [7, 11) is 0. The molecule has 0 aliphatic heterocycles. The van der Waals surface area contributed by atoms with Crippen molar-refractivity contribution in [2.24, 2.45) is 0 Å². The molecule has 1 aromatic carbocycles. The molecule has 2 N–H and O–H groups in total. The Bertz CT molecular complexity index is 369. The fourth-order valence-corrected chi connectivity index (χ4v) is 1.50. The number of H-pyrrole nitrogens is 1. The first-order valence-electron chi connectivity index (χ1n) is 4.57. The molecule has 1 aromatic heterocycles. The van der Waals surface area contributed by atoms with Crippen molar-refractivity contribution in [3.05, 3.63) is 54.1 Å². The molecule has 0 saturated carbocycles. The Balaban J connectivity index is 2.31. The van der Waals surface area contributed by atoms with Crippen LogP contribution in [0.4, 0.5) is 0 Å². The SMILES string of the molecule is OCC(c1ccccc1)c1ncc[nH]1. The zero-order chi connectivity index (χ0) is 9.80. The quantitative estimate of drug-likeness (QED) is 0.767. The summed E-state index contributed by atoms with van der Waals surface area (Å²) in [6, 6.07) is 9.86. The molecule has 0 amide bonds. The minimum Gasteiger partial charge on any atom is -0.395 e. The van der Waals surface area contributed by atoms with Gasteiger partial charge in [0.05, 0.1) is 12.5 Å². The molecule has 72 valence electrons. The highest BCUT2D eigenvalue weighted by atomic mass is 16.3. The molecule has 0 aliphatic carbocycles. The van der Waals surface area contributed by atoms with Gasteiger partial charge < -0.3 is 10.1 Å². The molecule has 0 radical (unpaired) electrons. The number of rotatable bonds is 3. The van der Waals surface area contributed by atoms with E-state index in [1.807, 2.05) is 30.3 Å². The van der Waals surface area contributed by atoms with Gasteiger partial charge in [0.25, 0.3) is 0 Å². The summed E-state index contributed by atoms with van der Waals surface area (Å²) in [5.74, 6) is 0.755. The molecule has 0 saturated heterocycles. The second kappa shape index (κ2) is 4.07. The van der Waals surface area contributed by atoms with Gasteiger partial charge in [-0.05, 0) is 5.56 Å². The highest BCUT2D eigenvalue weighted by Crippen LogP contribution is 2.20. The Kier molecular flexibility index (Phi) is 2.60. The second-order valence-electron chi connectivity index (χ2n) is 3.12. The molecule has 1 atom stereocenters. The van der Waals surface area contributed by atoms with E-state index in [1.54, 1.807) is 12.4 Å². The molecule has 0 spiro atoms. The monoisotopic (exact) mass is 188 g/mol. The van der Waals surface area contributed by atoms with Crippen molar-refractivity contribution in [2.45, 2.75) is 5.92 Å². The highest BCUT2D eigenvalue weighted by Gasteiger charge is 2.14. The third kappa shape index (κ3) is 1.67. The van der Waals surface area contributed by atoms with Crippen LogP contribution in [0.3, 0.4) is 0 Å². The summed E-state index contributed by atoms with van der Waals surface area (Å²) in [4.78, 5) is 7.16. The van der Waals surface area contributed by atoms with Crippen molar-refractivity contribution in [1.29, 1.82) is 0 Å². The standard InChI is InChI=1S/C11H12N2O/c14-8-10(11-12-6-7-13-11)9-4-2-1-3-5-9/h1-7,10,14H,8H2,(H,12,13). The lowest BCUT2D eigenvalue weighted by Gasteiger charge is -2.11. The zero-order valence-corrected chi connectivity index (χ0v) is 7.72. The van der Waals surface area contributed by atoms with Gasteiger partial charge in [0.2, 0.25) is 0 Å². The zero-order valence-electron chi connectivity index (χ0n) is 7.72. The average molecular weight is 188 g/mol. The highest BCUT2D eigenvalue weighted by molar-refractivity contribution is 5.25. The van der Waals surface area contributed by atoms with Crippen LogP contribution >= 0.6 is 0 Å². The van der Waals surface area contributed by atoms with Gasteiger partial charge in [-0.25, -0.2) is 4.98 Å². The Morgan fingerprint density at radius 3 is 2.64 bits per heavy atom. The van der Waals surface area contributed by atoms with E-state index in [2.05, 4.69) is 9.97 Å². The number of hydrogen-bond acceptors (Lipinski definition) is 2. The van der Waals surface area contributed by atoms with Crippen LogP contribution in [0.5, 0.6) is 0 Å². The number of aliphatic hydroxyl groups is 1. The maximum atomic E-state index is 9.29. The predicted octanol–water partition coefficient (Wildman–Crippen LogP) is 1.53. The van der Waals surface area contributed by atoms with E-state index in [1.165, 1.54) is 0 Å². The number of imidazole rings is 1. The minimum absolute atomic E-state index is 0.0498. The van der Waals surface area contributed by atoms with E-state index in [0.717, 1.165) is 11.4 Å². The molecule has 1 unspecified atom stereocenters. The normalized spacial score (nSPS) is 12.6. The third-order valence-electron chi connectivity index (χ3n) is 2.23. The van der Waals surface area contributed by atoms with Crippen LogP contribution in [0.25, 0.3) is 0 Å². The van der Waals surface area contributed by atoms with E-state index in [9.17, 15) is 5.11 Å². The molecule has 0 fully saturated rings. The van der Waals surface area contributed by atoms with E-state index in [-0.39, 0.29) is 12.5 Å². The average Bonchev–Trinajstić information content (AvgIpc) is 2.74. The maximum absolute atomic E-state index is 9.29. The van der Waals surface area contributed by atoms with Crippen LogP contribution in [-0.4, -0.2) is 21.7 Å². The summed E-state index contributed by atoms with van der Waals surface area (Å²) in [6.45, 7) is 0.0670. The van der Waals surface area contributed by atoms with Crippen LogP contribution in [0.2, 0.25) is 0 Å². The summed E-state index contributed by atoms with van der Waals surface area (Å²) in [5, 5.41) is 9.29. The number of nitrogens with one attached hydrogen (secondary N) is 1. The van der Waals surface area contributed by atoms with Crippen LogP contribution in [0.15, 0.2) is 42.7 Å². The van der Waals surface area contributed by atoms with Gasteiger partial charge in [-0.2, -0.15) is 0 Å². The summed E-state index contributed by atoms with van der Waals surface area (Å²) in [6.07, 6.45) is 3.46. The molecule has 14 heavy (non-hydrogen) atoms. The minimum atomic E-state index is -0.0498. The predicted molar refractivity (Wildman–Crippen MR) is 54.0 cm³/mol. The topological polar surface area (TPSA) is 48.9 Å². The molecule has 2 aromatic rings. The van der Waals surface area contributed by atoms with E-state index in [4.69, 9.17) is 0 Å². The number of hydrogen-bond donors (Lipinski definition) is 2. The number of aromatic amines is 1. The Labute approximate surface area is 82.4 Å². The van der Waals surface area contributed by atoms with E-state index in [0.29, 0.717) is 0 Å². The fourth-order valence-electron chi connectivity index (χ4n) is 1.50. The molecule has 0 aliphatic rings. The van der Waals surface area contributed by atoms with Gasteiger partial charge in [0.1, 0.15) is 5.82 Å². The van der Waals surface area contributed by atoms with Gasteiger partial charge in [-0.1, -0.05) is 30.3 Å². The van der Waals surface area contributed by atoms with Crippen LogP contribution in [-0.2, 0) is 0 Å². The first kappa shape index (κ1) is 8.97. The molecule has 1 heterocycles. The van der Waals surface area contributed by atoms with Crippen molar-refractivity contribution in [1.82, 2.24) is 9.97 Å². The first-order valence-corrected chi connectivity index (χ1v) is 4.57. The summed E-state index contributed by atoms with van der Waals surface area (Å²) in [5.41, 5.74) is 1.07. The first-order chi connectivity index (χ1) is 6.92. The summed E-state index contributed by atoms with van der Waals surface area (Å²) >= 11 is 0. The van der Waals surface area contributed by atoms with Crippen molar-refractivity contribution >= 4 is 0 Å². The van der Waals surface area contributed by atoms with Crippen molar-refractivity contribution in [2.75, 3.05) is 6.61 Å². The molecule has 0 bridgehead atoms. The lowest BCUT2D eigenvalue weighted by atomic mass is 10.00. The van der Waals surface area contributed by atoms with Gasteiger partial charge in [-0.3, -0.25) is 0 Å². The van der Waals surface area contributed by atoms with Crippen molar-refractivity contribution in [3.63, 3.8) is 0 Å². The van der Waals surface area contributed by atoms with E-state index >= 15 is 0 Å². The number of aromatic nitrogens is 2. The third-order valence-corrected chi connectivity index (χ3v) is 2.23. The van der Waals surface area contributed by atoms with Crippen LogP contribution in [0, 0.1) is 0 Å². The number of benzene rings is 1. The van der Waals surface area contributed by atoms with Crippen LogP contribution in [0.1, 0.15) is 17.3 Å². The van der Waals surface area contributed by atoms with Crippen LogP contribution < -0.4 is 0 Å². The summed E-state index contributed by atoms with van der Waals surface area (Å²) < 4.78 is 0. The lowest BCUT2D eigenvalue weighted by molar-refractivity contribution is 0.277. The Morgan fingerprint density at radius 1 is 1.29 bits per heavy atom. The van der Waals surface area contributed by atoms with Gasteiger partial charge in [-0.15, -0.1) is 0 Å². The fraction of sp³-hybridized carbons (Fsp3) is 0.182. The molecular formula is C11H12N2O. The van der Waals surface area contributed by atoms with Gasteiger partial charge >= 0.3 is 0 Å². The van der Waals surface area contributed by atoms with Crippen molar-refractivity contribution in [3.8, 4) is 0 Å². The van der Waals surface area contributed by atoms with Crippen molar-refractivity contribution < 1.29 is 5.11 Å². The molecular weight excluding hydrogens is 176 g/mol. The number of nitrogens with zero attached hydrogens (tertiary/aromatic N) is 1. The molecule has 2 rings (SSSR count). The maximum Gasteiger partial charge on any atom is 0.115 e. The Hall–Kier alpha value is -1.61. The molecule has 3 heteroatoms. The van der Waals surface area contributed by atoms with Gasteiger partial charge in [0, 0.05) is 12.4 Å². The Morgan fingerprint density at radius 2 is 2.07 bits per heavy atom. The van der Waals surface area contributed by atoms with E-state index < -0.39 is 0 Å². The second-order valence-corrected chi connectivity index (χ2v) is 3.12.